The Bertz CT molecular complexity index is 1480. The van der Waals surface area contributed by atoms with Gasteiger partial charge in [0.15, 0.2) is 14.1 Å². The van der Waals surface area contributed by atoms with Gasteiger partial charge in [0.2, 0.25) is 0 Å². The molecule has 0 bridgehead atoms. The quantitative estimate of drug-likeness (QED) is 0.152. The van der Waals surface area contributed by atoms with Gasteiger partial charge >= 0.3 is 0 Å². The molecule has 0 fully saturated rings. The molecule has 3 aromatic heterocycles. The predicted molar refractivity (Wildman–Crippen MR) is 171 cm³/mol. The molecule has 3 heterocycles. The standard InChI is InChI=1S/C31H44N6O2SSi/c1-10-12-26(36-40(38)30(2,3)4)29-32-18-17-25(35-29)22-15-16-23-20-33-37(27(23)19-22)28-14-11-13-24(34-28)21-39-41(8,9)31(5,6)7/h11,13-20,26,36H,10,12,21H2,1-9H3. The summed E-state index contributed by atoms with van der Waals surface area (Å²) >= 11 is -1.23. The summed E-state index contributed by atoms with van der Waals surface area (Å²) in [5.74, 6) is 1.39. The molecule has 2 atom stereocenters. The Morgan fingerprint density at radius 3 is 2.49 bits per heavy atom. The van der Waals surface area contributed by atoms with E-state index >= 15 is 0 Å². The summed E-state index contributed by atoms with van der Waals surface area (Å²) in [6, 6.07) is 13.9. The van der Waals surface area contributed by atoms with Crippen LogP contribution in [0.3, 0.4) is 0 Å². The fraction of sp³-hybridized carbons (Fsp3) is 0.484. The molecular weight excluding hydrogens is 549 g/mol. The summed E-state index contributed by atoms with van der Waals surface area (Å²) in [5.41, 5.74) is 3.58. The van der Waals surface area contributed by atoms with Crippen LogP contribution in [0.1, 0.15) is 78.9 Å². The van der Waals surface area contributed by atoms with Gasteiger partial charge in [0, 0.05) is 28.5 Å². The number of pyridine rings is 1. The Morgan fingerprint density at radius 2 is 1.80 bits per heavy atom. The van der Waals surface area contributed by atoms with Crippen molar-refractivity contribution in [3.05, 3.63) is 66.4 Å². The Hall–Kier alpha value is -2.63. The van der Waals surface area contributed by atoms with Crippen LogP contribution in [-0.2, 0) is 22.4 Å². The largest absolute Gasteiger partial charge is 0.598 e. The second-order valence-corrected chi connectivity index (χ2v) is 19.8. The maximum atomic E-state index is 12.8. The van der Waals surface area contributed by atoms with E-state index in [-0.39, 0.29) is 15.8 Å². The average molecular weight is 593 g/mol. The zero-order valence-electron chi connectivity index (χ0n) is 25.9. The van der Waals surface area contributed by atoms with Crippen molar-refractivity contribution in [2.45, 2.75) is 96.8 Å². The highest BCUT2D eigenvalue weighted by Gasteiger charge is 2.37. The van der Waals surface area contributed by atoms with E-state index < -0.39 is 19.7 Å². The van der Waals surface area contributed by atoms with Crippen molar-refractivity contribution in [3.8, 4) is 17.1 Å². The van der Waals surface area contributed by atoms with Crippen LogP contribution in [0, 0.1) is 0 Å². The SMILES string of the molecule is CCCC(N[S+]([O-])C(C)(C)C)c1nccc(-c2ccc3cnn(-c4cccc(CO[Si](C)(C)C(C)(C)C)n4)c3c2)n1. The van der Waals surface area contributed by atoms with Crippen LogP contribution in [0.2, 0.25) is 18.1 Å². The fourth-order valence-electron chi connectivity index (χ4n) is 4.03. The number of nitrogens with one attached hydrogen (secondary N) is 1. The summed E-state index contributed by atoms with van der Waals surface area (Å²) in [6.07, 6.45) is 5.34. The number of nitrogens with zero attached hydrogens (tertiary/aromatic N) is 5. The van der Waals surface area contributed by atoms with Gasteiger partial charge in [0.25, 0.3) is 0 Å². The molecule has 1 aromatic carbocycles. The molecule has 0 radical (unpaired) electrons. The van der Waals surface area contributed by atoms with Crippen molar-refractivity contribution >= 4 is 30.6 Å². The van der Waals surface area contributed by atoms with Gasteiger partial charge in [-0.25, -0.2) is 19.6 Å². The van der Waals surface area contributed by atoms with Gasteiger partial charge in [-0.15, -0.1) is 4.72 Å². The molecule has 10 heteroatoms. The number of aromatic nitrogens is 5. The van der Waals surface area contributed by atoms with Crippen molar-refractivity contribution in [1.82, 2.24) is 29.5 Å². The van der Waals surface area contributed by atoms with Gasteiger partial charge in [-0.3, -0.25) is 0 Å². The first-order chi connectivity index (χ1) is 19.2. The third-order valence-electron chi connectivity index (χ3n) is 7.63. The summed E-state index contributed by atoms with van der Waals surface area (Å²) in [6.45, 7) is 19.7. The van der Waals surface area contributed by atoms with Crippen LogP contribution in [0.5, 0.6) is 0 Å². The normalized spacial score (nSPS) is 14.4. The maximum Gasteiger partial charge on any atom is 0.192 e. The Labute approximate surface area is 248 Å². The lowest BCUT2D eigenvalue weighted by Crippen LogP contribution is -2.41. The number of fused-ring (bicyclic) bond motifs is 1. The maximum absolute atomic E-state index is 12.8. The molecule has 4 rings (SSSR count). The predicted octanol–water partition coefficient (Wildman–Crippen LogP) is 7.29. The second kappa shape index (κ2) is 12.3. The lowest BCUT2D eigenvalue weighted by molar-refractivity contribution is 0.272. The Kier molecular flexibility index (Phi) is 9.40. The van der Waals surface area contributed by atoms with E-state index in [0.717, 1.165) is 46.5 Å². The molecule has 0 amide bonds. The van der Waals surface area contributed by atoms with Crippen LogP contribution in [0.15, 0.2) is 54.9 Å². The zero-order chi connectivity index (χ0) is 30.0. The molecule has 1 N–H and O–H groups in total. The molecule has 0 saturated heterocycles. The summed E-state index contributed by atoms with van der Waals surface area (Å²) in [7, 11) is -1.89. The monoisotopic (exact) mass is 592 g/mol. The molecule has 0 aliphatic heterocycles. The topological polar surface area (TPSA) is 101 Å². The van der Waals surface area contributed by atoms with Crippen molar-refractivity contribution < 1.29 is 8.98 Å². The van der Waals surface area contributed by atoms with E-state index in [1.54, 1.807) is 6.20 Å². The van der Waals surface area contributed by atoms with Gasteiger partial charge in [-0.1, -0.05) is 52.3 Å². The number of hydrogen-bond acceptors (Lipinski definition) is 7. The van der Waals surface area contributed by atoms with E-state index in [4.69, 9.17) is 14.4 Å². The second-order valence-electron chi connectivity index (χ2n) is 13.0. The van der Waals surface area contributed by atoms with E-state index in [2.05, 4.69) is 67.7 Å². The van der Waals surface area contributed by atoms with Gasteiger partial charge in [0.05, 0.1) is 29.7 Å². The van der Waals surface area contributed by atoms with Crippen LogP contribution < -0.4 is 4.72 Å². The van der Waals surface area contributed by atoms with Crippen molar-refractivity contribution in [2.75, 3.05) is 0 Å². The molecule has 41 heavy (non-hydrogen) atoms. The zero-order valence-corrected chi connectivity index (χ0v) is 27.7. The minimum absolute atomic E-state index is 0.135. The molecule has 220 valence electrons. The summed E-state index contributed by atoms with van der Waals surface area (Å²) in [4.78, 5) is 14.3. The third kappa shape index (κ3) is 7.42. The molecule has 0 aliphatic carbocycles. The Balaban J connectivity index is 1.63. The lowest BCUT2D eigenvalue weighted by Gasteiger charge is -2.36. The number of benzene rings is 1. The van der Waals surface area contributed by atoms with E-state index in [0.29, 0.717) is 12.4 Å². The van der Waals surface area contributed by atoms with Gasteiger partial charge in [0.1, 0.15) is 16.6 Å². The highest BCUT2D eigenvalue weighted by atomic mass is 32.2. The van der Waals surface area contributed by atoms with Crippen molar-refractivity contribution in [1.29, 1.82) is 0 Å². The van der Waals surface area contributed by atoms with Crippen LogP contribution in [0.25, 0.3) is 28.0 Å². The van der Waals surface area contributed by atoms with Gasteiger partial charge in [-0.2, -0.15) is 5.10 Å². The van der Waals surface area contributed by atoms with Gasteiger partial charge < -0.3 is 8.98 Å². The molecule has 8 nitrogen and oxygen atoms in total. The molecule has 0 saturated carbocycles. The van der Waals surface area contributed by atoms with E-state index in [9.17, 15) is 4.55 Å². The van der Waals surface area contributed by atoms with Crippen LogP contribution in [-0.4, -0.2) is 42.3 Å². The highest BCUT2D eigenvalue weighted by molar-refractivity contribution is 7.90. The molecule has 2 unspecified atom stereocenters. The number of rotatable bonds is 10. The van der Waals surface area contributed by atoms with Crippen molar-refractivity contribution in [2.24, 2.45) is 0 Å². The molecular formula is C31H44N6O2SSi. The molecule has 0 aliphatic rings. The number of hydrogen-bond donors (Lipinski definition) is 1. The van der Waals surface area contributed by atoms with Crippen LogP contribution in [0.4, 0.5) is 0 Å². The first-order valence-electron chi connectivity index (χ1n) is 14.3. The molecule has 0 spiro atoms. The smallest absolute Gasteiger partial charge is 0.192 e. The molecule has 4 aromatic rings. The lowest BCUT2D eigenvalue weighted by atomic mass is 10.1. The third-order valence-corrected chi connectivity index (χ3v) is 13.7. The Morgan fingerprint density at radius 1 is 1.05 bits per heavy atom. The van der Waals surface area contributed by atoms with Gasteiger partial charge in [-0.05, 0) is 69.6 Å². The minimum Gasteiger partial charge on any atom is -0.598 e. The van der Waals surface area contributed by atoms with Crippen molar-refractivity contribution in [3.63, 3.8) is 0 Å². The summed E-state index contributed by atoms with van der Waals surface area (Å²) < 4.78 is 24.0. The fourth-order valence-corrected chi connectivity index (χ4v) is 5.81. The minimum atomic E-state index is -1.89. The highest BCUT2D eigenvalue weighted by Crippen LogP contribution is 2.37. The van der Waals surface area contributed by atoms with Crippen LogP contribution >= 0.6 is 0 Å². The average Bonchev–Trinajstić information content (AvgIpc) is 3.34. The van der Waals surface area contributed by atoms with E-state index in [1.807, 2.05) is 62.0 Å². The first-order valence-corrected chi connectivity index (χ1v) is 18.3. The first kappa shape index (κ1) is 31.3. The summed E-state index contributed by atoms with van der Waals surface area (Å²) in [5, 5.41) is 5.81. The van der Waals surface area contributed by atoms with E-state index in [1.165, 1.54) is 0 Å².